The Morgan fingerprint density at radius 1 is 1.12 bits per heavy atom. The van der Waals surface area contributed by atoms with Gasteiger partial charge in [0.05, 0.1) is 7.11 Å². The van der Waals surface area contributed by atoms with E-state index in [2.05, 4.69) is 10.1 Å². The van der Waals surface area contributed by atoms with Crippen LogP contribution in [0.15, 0.2) is 30.3 Å². The minimum absolute atomic E-state index is 0.0244. The van der Waals surface area contributed by atoms with Gasteiger partial charge in [-0.05, 0) is 12.0 Å². The molecule has 0 fully saturated rings. The lowest BCUT2D eigenvalue weighted by molar-refractivity contribution is -0.147. The molecule has 0 bridgehead atoms. The SMILES string of the molecule is CC.CCC(=O)NC(CCC(=O)OCc1ccccc1)C(=O)OC. The van der Waals surface area contributed by atoms with Crippen molar-refractivity contribution < 1.29 is 23.9 Å². The van der Waals surface area contributed by atoms with Crippen LogP contribution in [0.3, 0.4) is 0 Å². The van der Waals surface area contributed by atoms with E-state index in [1.807, 2.05) is 44.2 Å². The lowest BCUT2D eigenvalue weighted by atomic mass is 10.1. The van der Waals surface area contributed by atoms with Crippen molar-refractivity contribution in [2.75, 3.05) is 7.11 Å². The summed E-state index contributed by atoms with van der Waals surface area (Å²) in [6.45, 7) is 5.86. The van der Waals surface area contributed by atoms with Gasteiger partial charge in [-0.3, -0.25) is 9.59 Å². The van der Waals surface area contributed by atoms with Gasteiger partial charge in [0, 0.05) is 12.8 Å². The summed E-state index contributed by atoms with van der Waals surface area (Å²) in [7, 11) is 1.24. The Hall–Kier alpha value is -2.37. The Balaban J connectivity index is 0.00000254. The van der Waals surface area contributed by atoms with Gasteiger partial charge in [0.25, 0.3) is 0 Å². The average Bonchev–Trinajstić information content (AvgIpc) is 2.64. The Labute approximate surface area is 143 Å². The fourth-order valence-electron chi connectivity index (χ4n) is 1.76. The first-order valence-electron chi connectivity index (χ1n) is 8.13. The quantitative estimate of drug-likeness (QED) is 0.737. The predicted octanol–water partition coefficient (Wildman–Crippen LogP) is 2.60. The van der Waals surface area contributed by atoms with E-state index in [0.717, 1.165) is 5.56 Å². The number of ether oxygens (including phenoxy) is 2. The first-order chi connectivity index (χ1) is 11.6. The number of carbonyl (C=O) groups excluding carboxylic acids is 3. The summed E-state index contributed by atoms with van der Waals surface area (Å²) in [4.78, 5) is 34.6. The molecular formula is C18H27NO5. The number of hydrogen-bond donors (Lipinski definition) is 1. The summed E-state index contributed by atoms with van der Waals surface area (Å²) in [5, 5.41) is 2.53. The van der Waals surface area contributed by atoms with Gasteiger partial charge in [-0.2, -0.15) is 0 Å². The molecule has 6 nitrogen and oxygen atoms in total. The molecule has 0 aliphatic rings. The van der Waals surface area contributed by atoms with Gasteiger partial charge in [-0.25, -0.2) is 4.79 Å². The molecule has 1 amide bonds. The van der Waals surface area contributed by atoms with E-state index >= 15 is 0 Å². The molecule has 134 valence electrons. The summed E-state index contributed by atoms with van der Waals surface area (Å²) in [5.74, 6) is -1.27. The molecule has 6 heteroatoms. The third-order valence-electron chi connectivity index (χ3n) is 3.02. The van der Waals surface area contributed by atoms with Crippen molar-refractivity contribution in [2.24, 2.45) is 0 Å². The van der Waals surface area contributed by atoms with Crippen LogP contribution >= 0.6 is 0 Å². The molecule has 0 aromatic heterocycles. The van der Waals surface area contributed by atoms with Crippen LogP contribution in [0.4, 0.5) is 0 Å². The third kappa shape index (κ3) is 8.92. The molecule has 0 aliphatic heterocycles. The van der Waals surface area contributed by atoms with Gasteiger partial charge in [0.2, 0.25) is 5.91 Å². The molecule has 0 spiro atoms. The number of methoxy groups -OCH3 is 1. The number of carbonyl (C=O) groups is 3. The Morgan fingerprint density at radius 3 is 2.29 bits per heavy atom. The number of benzene rings is 1. The fraction of sp³-hybridized carbons (Fsp3) is 0.500. The van der Waals surface area contributed by atoms with Crippen molar-refractivity contribution in [1.29, 1.82) is 0 Å². The van der Waals surface area contributed by atoms with Crippen LogP contribution in [0.2, 0.25) is 0 Å². The maximum atomic E-state index is 11.7. The number of hydrogen-bond acceptors (Lipinski definition) is 5. The highest BCUT2D eigenvalue weighted by molar-refractivity contribution is 5.84. The number of nitrogens with one attached hydrogen (secondary N) is 1. The number of amides is 1. The third-order valence-corrected chi connectivity index (χ3v) is 3.02. The van der Waals surface area contributed by atoms with Crippen LogP contribution in [0, 0.1) is 0 Å². The molecule has 1 atom stereocenters. The highest BCUT2D eigenvalue weighted by atomic mass is 16.5. The van der Waals surface area contributed by atoms with Gasteiger partial charge in [-0.15, -0.1) is 0 Å². The van der Waals surface area contributed by atoms with Crippen molar-refractivity contribution >= 4 is 17.8 Å². The first-order valence-corrected chi connectivity index (χ1v) is 8.13. The maximum Gasteiger partial charge on any atom is 0.328 e. The minimum Gasteiger partial charge on any atom is -0.467 e. The normalized spacial score (nSPS) is 10.7. The highest BCUT2D eigenvalue weighted by Crippen LogP contribution is 2.05. The summed E-state index contributed by atoms with van der Waals surface area (Å²) < 4.78 is 9.73. The van der Waals surface area contributed by atoms with Crippen molar-refractivity contribution in [2.45, 2.75) is 52.7 Å². The van der Waals surface area contributed by atoms with Crippen LogP contribution in [-0.4, -0.2) is 31.0 Å². The Bertz CT molecular complexity index is 501. The van der Waals surface area contributed by atoms with Crippen LogP contribution < -0.4 is 5.32 Å². The zero-order valence-corrected chi connectivity index (χ0v) is 14.8. The predicted molar refractivity (Wildman–Crippen MR) is 91.1 cm³/mol. The van der Waals surface area contributed by atoms with Crippen LogP contribution in [0.5, 0.6) is 0 Å². The zero-order chi connectivity index (χ0) is 18.4. The number of rotatable bonds is 8. The molecule has 0 heterocycles. The van der Waals surface area contributed by atoms with E-state index in [4.69, 9.17) is 4.74 Å². The second-order valence-electron chi connectivity index (χ2n) is 4.68. The van der Waals surface area contributed by atoms with Crippen molar-refractivity contribution in [3.8, 4) is 0 Å². The molecule has 1 N–H and O–H groups in total. The molecule has 0 aliphatic carbocycles. The van der Waals surface area contributed by atoms with E-state index < -0.39 is 18.0 Å². The zero-order valence-electron chi connectivity index (χ0n) is 14.8. The van der Waals surface area contributed by atoms with Gasteiger partial charge >= 0.3 is 11.9 Å². The molecule has 1 rings (SSSR count). The van der Waals surface area contributed by atoms with Crippen molar-refractivity contribution in [1.82, 2.24) is 5.32 Å². The maximum absolute atomic E-state index is 11.7. The molecule has 1 unspecified atom stereocenters. The number of esters is 2. The average molecular weight is 337 g/mol. The van der Waals surface area contributed by atoms with Crippen LogP contribution in [0.25, 0.3) is 0 Å². The monoisotopic (exact) mass is 337 g/mol. The summed E-state index contributed by atoms with van der Waals surface area (Å²) in [6.07, 6.45) is 0.425. The van der Waals surface area contributed by atoms with Crippen molar-refractivity contribution in [3.05, 3.63) is 35.9 Å². The smallest absolute Gasteiger partial charge is 0.328 e. The molecule has 0 saturated heterocycles. The summed E-state index contributed by atoms with van der Waals surface area (Å²) in [5.41, 5.74) is 0.889. The minimum atomic E-state index is -0.832. The molecule has 1 aromatic rings. The second kappa shape index (κ2) is 13.1. The lowest BCUT2D eigenvalue weighted by Crippen LogP contribution is -2.41. The van der Waals surface area contributed by atoms with Crippen molar-refractivity contribution in [3.63, 3.8) is 0 Å². The molecule has 24 heavy (non-hydrogen) atoms. The summed E-state index contributed by atoms with van der Waals surface area (Å²) >= 11 is 0. The van der Waals surface area contributed by atoms with E-state index in [1.54, 1.807) is 6.92 Å². The fourth-order valence-corrected chi connectivity index (χ4v) is 1.76. The van der Waals surface area contributed by atoms with Gasteiger partial charge in [-0.1, -0.05) is 51.1 Å². The van der Waals surface area contributed by atoms with Gasteiger partial charge in [0.1, 0.15) is 12.6 Å². The molecular weight excluding hydrogens is 310 g/mol. The second-order valence-corrected chi connectivity index (χ2v) is 4.68. The first kappa shape index (κ1) is 21.6. The largest absolute Gasteiger partial charge is 0.467 e. The standard InChI is InChI=1S/C16H21NO5.C2H6/c1-3-14(18)17-13(16(20)21-2)9-10-15(19)22-11-12-7-5-4-6-8-12;1-2/h4-8,13H,3,9-11H2,1-2H3,(H,17,18);1-2H3. The highest BCUT2D eigenvalue weighted by Gasteiger charge is 2.22. The Morgan fingerprint density at radius 2 is 1.75 bits per heavy atom. The molecule has 0 radical (unpaired) electrons. The lowest BCUT2D eigenvalue weighted by Gasteiger charge is -2.15. The molecule has 1 aromatic carbocycles. The van der Waals surface area contributed by atoms with Crippen LogP contribution in [-0.2, 0) is 30.5 Å². The van der Waals surface area contributed by atoms with Crippen LogP contribution in [0.1, 0.15) is 45.6 Å². The van der Waals surface area contributed by atoms with E-state index in [1.165, 1.54) is 7.11 Å². The van der Waals surface area contributed by atoms with E-state index in [9.17, 15) is 14.4 Å². The van der Waals surface area contributed by atoms with Gasteiger partial charge in [0.15, 0.2) is 0 Å². The summed E-state index contributed by atoms with van der Waals surface area (Å²) in [6, 6.07) is 8.47. The molecule has 0 saturated carbocycles. The Kier molecular flexibility index (Phi) is 11.8. The van der Waals surface area contributed by atoms with Gasteiger partial charge < -0.3 is 14.8 Å². The van der Waals surface area contributed by atoms with E-state index in [-0.39, 0.29) is 31.8 Å². The van der Waals surface area contributed by atoms with E-state index in [0.29, 0.717) is 0 Å². The topological polar surface area (TPSA) is 81.7 Å².